The fourth-order valence-corrected chi connectivity index (χ4v) is 4.67. The lowest BCUT2D eigenvalue weighted by molar-refractivity contribution is 0.569. The lowest BCUT2D eigenvalue weighted by atomic mass is 9.93. The van der Waals surface area contributed by atoms with E-state index in [1.54, 1.807) is 4.88 Å². The van der Waals surface area contributed by atoms with Crippen LogP contribution >= 0.6 is 11.3 Å². The van der Waals surface area contributed by atoms with Crippen molar-refractivity contribution in [1.82, 2.24) is 0 Å². The van der Waals surface area contributed by atoms with E-state index < -0.39 is 0 Å². The normalized spacial score (nSPS) is 11.8. The van der Waals surface area contributed by atoms with Crippen molar-refractivity contribution in [1.29, 1.82) is 0 Å². The van der Waals surface area contributed by atoms with Gasteiger partial charge in [0.25, 0.3) is 0 Å². The smallest absolute Gasteiger partial charge is 0.0380 e. The second-order valence-corrected chi connectivity index (χ2v) is 7.25. The number of thiophene rings is 1. The van der Waals surface area contributed by atoms with Gasteiger partial charge in [-0.15, -0.1) is 11.3 Å². The molecule has 1 heteroatoms. The number of fused-ring (bicyclic) bond motifs is 1. The summed E-state index contributed by atoms with van der Waals surface area (Å²) in [5.74, 6) is 0.766. The first-order valence-electron chi connectivity index (χ1n) is 8.00. The van der Waals surface area contributed by atoms with Crippen molar-refractivity contribution in [3.8, 4) is 0 Å². The molecule has 0 saturated carbocycles. The van der Waals surface area contributed by atoms with Crippen LogP contribution in [0.3, 0.4) is 0 Å². The van der Waals surface area contributed by atoms with Gasteiger partial charge in [0.2, 0.25) is 0 Å². The third-order valence-electron chi connectivity index (χ3n) is 4.86. The molecule has 0 spiro atoms. The summed E-state index contributed by atoms with van der Waals surface area (Å²) in [6.45, 7) is 13.7. The van der Waals surface area contributed by atoms with E-state index in [0.29, 0.717) is 0 Å². The first kappa shape index (κ1) is 15.6. The van der Waals surface area contributed by atoms with Crippen LogP contribution in [-0.2, 0) is 0 Å². The van der Waals surface area contributed by atoms with Crippen molar-refractivity contribution in [3.63, 3.8) is 0 Å². The number of hydrogen-bond donors (Lipinski definition) is 0. The summed E-state index contributed by atoms with van der Waals surface area (Å²) < 4.78 is 1.53. The molecule has 110 valence electrons. The first-order valence-corrected chi connectivity index (χ1v) is 8.82. The van der Waals surface area contributed by atoms with E-state index in [1.165, 1.54) is 58.0 Å². The van der Waals surface area contributed by atoms with Crippen molar-refractivity contribution in [2.24, 2.45) is 0 Å². The molecule has 0 nitrogen and oxygen atoms in total. The predicted octanol–water partition coefficient (Wildman–Crippen LogP) is 6.82. The van der Waals surface area contributed by atoms with Crippen LogP contribution in [0.2, 0.25) is 0 Å². The molecule has 0 atom stereocenters. The molecule has 0 N–H and O–H groups in total. The van der Waals surface area contributed by atoms with Gasteiger partial charge in [0.15, 0.2) is 0 Å². The van der Waals surface area contributed by atoms with E-state index in [4.69, 9.17) is 0 Å². The quantitative estimate of drug-likeness (QED) is 0.566. The summed E-state index contributed by atoms with van der Waals surface area (Å²) in [5.41, 5.74) is 5.93. The molecule has 0 unspecified atom stereocenters. The third kappa shape index (κ3) is 2.65. The molecule has 20 heavy (non-hydrogen) atoms. The summed E-state index contributed by atoms with van der Waals surface area (Å²) in [5, 5.41) is 1.50. The van der Waals surface area contributed by atoms with Crippen LogP contribution < -0.4 is 0 Å². The highest BCUT2D eigenvalue weighted by Gasteiger charge is 2.17. The SMILES string of the molecule is CCCC(CCC)c1cc2c(C)c(C)c(C)c(C)c2s1. The van der Waals surface area contributed by atoms with Gasteiger partial charge in [0.1, 0.15) is 0 Å². The van der Waals surface area contributed by atoms with Gasteiger partial charge in [-0.3, -0.25) is 0 Å². The lowest BCUT2D eigenvalue weighted by Crippen LogP contribution is -1.94. The van der Waals surface area contributed by atoms with Crippen LogP contribution in [0.1, 0.15) is 72.6 Å². The Morgan fingerprint density at radius 2 is 1.40 bits per heavy atom. The largest absolute Gasteiger partial charge is 0.140 e. The predicted molar refractivity (Wildman–Crippen MR) is 93.3 cm³/mol. The maximum absolute atomic E-state index is 2.49. The Labute approximate surface area is 128 Å². The number of aryl methyl sites for hydroxylation is 2. The second kappa shape index (κ2) is 6.30. The minimum absolute atomic E-state index is 0.766. The van der Waals surface area contributed by atoms with E-state index >= 15 is 0 Å². The van der Waals surface area contributed by atoms with E-state index in [2.05, 4.69) is 47.6 Å². The Hall–Kier alpha value is -0.820. The van der Waals surface area contributed by atoms with E-state index in [-0.39, 0.29) is 0 Å². The van der Waals surface area contributed by atoms with Gasteiger partial charge in [-0.2, -0.15) is 0 Å². The van der Waals surface area contributed by atoms with Crippen LogP contribution in [-0.4, -0.2) is 0 Å². The van der Waals surface area contributed by atoms with Gasteiger partial charge in [-0.05, 0) is 80.2 Å². The highest BCUT2D eigenvalue weighted by atomic mass is 32.1. The molecule has 0 saturated heterocycles. The lowest BCUT2D eigenvalue weighted by Gasteiger charge is -2.12. The summed E-state index contributed by atoms with van der Waals surface area (Å²) in [6, 6.07) is 2.49. The minimum Gasteiger partial charge on any atom is -0.140 e. The first-order chi connectivity index (χ1) is 9.51. The third-order valence-corrected chi connectivity index (χ3v) is 6.28. The standard InChI is InChI=1S/C19H28S/c1-7-9-16(10-8-2)18-11-17-14(5)12(3)13(4)15(6)19(17)20-18/h11,16H,7-10H2,1-6H3. The molecule has 0 aliphatic heterocycles. The summed E-state index contributed by atoms with van der Waals surface area (Å²) in [7, 11) is 0. The Morgan fingerprint density at radius 1 is 0.850 bits per heavy atom. The van der Waals surface area contributed by atoms with Crippen LogP contribution in [0.25, 0.3) is 10.1 Å². The van der Waals surface area contributed by atoms with Gasteiger partial charge in [-0.1, -0.05) is 26.7 Å². The number of benzene rings is 1. The van der Waals surface area contributed by atoms with E-state index in [1.807, 2.05) is 11.3 Å². The molecule has 0 bridgehead atoms. The average molecular weight is 288 g/mol. The Morgan fingerprint density at radius 3 is 1.95 bits per heavy atom. The molecule has 0 radical (unpaired) electrons. The van der Waals surface area contributed by atoms with Crippen molar-refractivity contribution in [2.75, 3.05) is 0 Å². The van der Waals surface area contributed by atoms with Crippen molar-refractivity contribution in [2.45, 2.75) is 73.1 Å². The maximum Gasteiger partial charge on any atom is 0.0380 e. The Bertz CT molecular complexity index is 553. The zero-order valence-electron chi connectivity index (χ0n) is 13.9. The molecule has 0 aliphatic rings. The van der Waals surface area contributed by atoms with Crippen LogP contribution in [0.15, 0.2) is 6.07 Å². The van der Waals surface area contributed by atoms with E-state index in [0.717, 1.165) is 5.92 Å². The molecule has 1 aromatic carbocycles. The molecule has 2 rings (SSSR count). The topological polar surface area (TPSA) is 0 Å². The maximum atomic E-state index is 2.49. The number of hydrogen-bond acceptors (Lipinski definition) is 1. The van der Waals surface area contributed by atoms with Crippen LogP contribution in [0.4, 0.5) is 0 Å². The van der Waals surface area contributed by atoms with Crippen molar-refractivity contribution >= 4 is 21.4 Å². The molecular weight excluding hydrogens is 260 g/mol. The van der Waals surface area contributed by atoms with Crippen molar-refractivity contribution in [3.05, 3.63) is 33.2 Å². The molecule has 1 aromatic heterocycles. The zero-order valence-corrected chi connectivity index (χ0v) is 14.7. The Balaban J connectivity index is 2.58. The van der Waals surface area contributed by atoms with Gasteiger partial charge in [0.05, 0.1) is 0 Å². The van der Waals surface area contributed by atoms with Crippen LogP contribution in [0.5, 0.6) is 0 Å². The summed E-state index contributed by atoms with van der Waals surface area (Å²) in [4.78, 5) is 1.61. The zero-order chi connectivity index (χ0) is 14.9. The fourth-order valence-electron chi connectivity index (χ4n) is 3.23. The highest BCUT2D eigenvalue weighted by Crippen LogP contribution is 2.40. The van der Waals surface area contributed by atoms with Gasteiger partial charge >= 0.3 is 0 Å². The average Bonchev–Trinajstić information content (AvgIpc) is 2.88. The molecule has 0 amide bonds. The van der Waals surface area contributed by atoms with Gasteiger partial charge < -0.3 is 0 Å². The van der Waals surface area contributed by atoms with Crippen LogP contribution in [0, 0.1) is 27.7 Å². The molecule has 0 aliphatic carbocycles. The monoisotopic (exact) mass is 288 g/mol. The summed E-state index contributed by atoms with van der Waals surface area (Å²) in [6.07, 6.45) is 5.23. The second-order valence-electron chi connectivity index (χ2n) is 6.17. The Kier molecular flexibility index (Phi) is 4.90. The molecule has 2 aromatic rings. The van der Waals surface area contributed by atoms with Gasteiger partial charge in [-0.25, -0.2) is 0 Å². The van der Waals surface area contributed by atoms with E-state index in [9.17, 15) is 0 Å². The molecule has 1 heterocycles. The summed E-state index contributed by atoms with van der Waals surface area (Å²) >= 11 is 2.05. The van der Waals surface area contributed by atoms with Crippen molar-refractivity contribution < 1.29 is 0 Å². The highest BCUT2D eigenvalue weighted by molar-refractivity contribution is 7.19. The minimum atomic E-state index is 0.766. The van der Waals surface area contributed by atoms with Gasteiger partial charge in [0, 0.05) is 9.58 Å². The molecule has 0 fully saturated rings. The molecular formula is C19H28S. The number of rotatable bonds is 5. The fraction of sp³-hybridized carbons (Fsp3) is 0.579.